The molecule has 1 aromatic heterocycles. The number of hydrogen-bond donors (Lipinski definition) is 0. The standard InChI is InChI=1S/C24H21N/c1-17-13-21-16-22(20-11-7-4-8-12-20)24(25-23(21)14-18(17)2)15-19-9-5-3-6-10-19/h3-14,16H,15H2,1-2H3. The second kappa shape index (κ2) is 6.52. The Morgan fingerprint density at radius 2 is 1.36 bits per heavy atom. The SMILES string of the molecule is Cc1cc2cc(-c3ccccc3)c(Cc3ccccc3)nc2cc1C. The van der Waals surface area contributed by atoms with Crippen molar-refractivity contribution in [2.45, 2.75) is 20.3 Å². The fourth-order valence-electron chi connectivity index (χ4n) is 3.27. The third-order valence-electron chi connectivity index (χ3n) is 4.81. The van der Waals surface area contributed by atoms with Crippen molar-refractivity contribution in [2.24, 2.45) is 0 Å². The van der Waals surface area contributed by atoms with Gasteiger partial charge in [-0.2, -0.15) is 0 Å². The first kappa shape index (κ1) is 15.6. The molecular weight excluding hydrogens is 302 g/mol. The molecule has 25 heavy (non-hydrogen) atoms. The number of aromatic nitrogens is 1. The zero-order valence-electron chi connectivity index (χ0n) is 14.7. The Labute approximate surface area is 149 Å². The zero-order valence-corrected chi connectivity index (χ0v) is 14.7. The van der Waals surface area contributed by atoms with E-state index in [1.807, 2.05) is 0 Å². The lowest BCUT2D eigenvalue weighted by Gasteiger charge is -2.13. The molecule has 0 spiro atoms. The maximum Gasteiger partial charge on any atom is 0.0708 e. The van der Waals surface area contributed by atoms with Crippen molar-refractivity contribution >= 4 is 10.9 Å². The first-order chi connectivity index (χ1) is 12.2. The van der Waals surface area contributed by atoms with Crippen LogP contribution in [0.15, 0.2) is 78.9 Å². The van der Waals surface area contributed by atoms with Crippen molar-refractivity contribution < 1.29 is 0 Å². The van der Waals surface area contributed by atoms with E-state index in [4.69, 9.17) is 4.98 Å². The van der Waals surface area contributed by atoms with Crippen molar-refractivity contribution in [1.29, 1.82) is 0 Å². The third-order valence-corrected chi connectivity index (χ3v) is 4.81. The third kappa shape index (κ3) is 3.18. The summed E-state index contributed by atoms with van der Waals surface area (Å²) in [5.41, 5.74) is 8.54. The molecule has 0 fully saturated rings. The predicted octanol–water partition coefficient (Wildman–Crippen LogP) is 6.11. The number of pyridine rings is 1. The van der Waals surface area contributed by atoms with Gasteiger partial charge < -0.3 is 0 Å². The van der Waals surface area contributed by atoms with Gasteiger partial charge >= 0.3 is 0 Å². The summed E-state index contributed by atoms with van der Waals surface area (Å²) >= 11 is 0. The number of nitrogens with zero attached hydrogens (tertiary/aromatic N) is 1. The van der Waals surface area contributed by atoms with Crippen LogP contribution >= 0.6 is 0 Å². The van der Waals surface area contributed by atoms with Crippen molar-refractivity contribution in [3.05, 3.63) is 101 Å². The van der Waals surface area contributed by atoms with Crippen LogP contribution in [0.5, 0.6) is 0 Å². The Morgan fingerprint density at radius 1 is 0.720 bits per heavy atom. The highest BCUT2D eigenvalue weighted by atomic mass is 14.7. The smallest absolute Gasteiger partial charge is 0.0708 e. The molecule has 0 aliphatic heterocycles. The van der Waals surface area contributed by atoms with Crippen LogP contribution in [-0.2, 0) is 6.42 Å². The summed E-state index contributed by atoms with van der Waals surface area (Å²) in [6.07, 6.45) is 0.841. The summed E-state index contributed by atoms with van der Waals surface area (Å²) in [6.45, 7) is 4.31. The Balaban J connectivity index is 1.92. The van der Waals surface area contributed by atoms with E-state index in [9.17, 15) is 0 Å². The second-order valence-electron chi connectivity index (χ2n) is 6.64. The highest BCUT2D eigenvalue weighted by molar-refractivity contribution is 5.86. The molecule has 0 bridgehead atoms. The van der Waals surface area contributed by atoms with Crippen LogP contribution in [0.1, 0.15) is 22.4 Å². The Morgan fingerprint density at radius 3 is 2.08 bits per heavy atom. The zero-order chi connectivity index (χ0) is 17.2. The second-order valence-corrected chi connectivity index (χ2v) is 6.64. The minimum atomic E-state index is 0.841. The van der Waals surface area contributed by atoms with Crippen LogP contribution in [0, 0.1) is 13.8 Å². The lowest BCUT2D eigenvalue weighted by molar-refractivity contribution is 1.10. The van der Waals surface area contributed by atoms with Crippen LogP contribution < -0.4 is 0 Å². The molecule has 0 saturated carbocycles. The van der Waals surface area contributed by atoms with Gasteiger partial charge in [-0.25, -0.2) is 0 Å². The highest BCUT2D eigenvalue weighted by Gasteiger charge is 2.11. The maximum absolute atomic E-state index is 5.05. The minimum Gasteiger partial charge on any atom is -0.252 e. The molecular formula is C24H21N. The van der Waals surface area contributed by atoms with E-state index in [0.29, 0.717) is 0 Å². The molecule has 0 amide bonds. The Hall–Kier alpha value is -2.93. The molecule has 1 heteroatoms. The maximum atomic E-state index is 5.05. The summed E-state index contributed by atoms with van der Waals surface area (Å²) in [4.78, 5) is 5.05. The van der Waals surface area contributed by atoms with Gasteiger partial charge in [-0.3, -0.25) is 4.98 Å². The van der Waals surface area contributed by atoms with Gasteiger partial charge in [0.2, 0.25) is 0 Å². The predicted molar refractivity (Wildman–Crippen MR) is 106 cm³/mol. The minimum absolute atomic E-state index is 0.841. The molecule has 0 radical (unpaired) electrons. The number of fused-ring (bicyclic) bond motifs is 1. The van der Waals surface area contributed by atoms with Crippen LogP contribution in [0.4, 0.5) is 0 Å². The molecule has 4 aromatic rings. The molecule has 0 N–H and O–H groups in total. The van der Waals surface area contributed by atoms with Gasteiger partial charge in [-0.15, -0.1) is 0 Å². The summed E-state index contributed by atoms with van der Waals surface area (Å²) < 4.78 is 0. The molecule has 122 valence electrons. The Kier molecular flexibility index (Phi) is 4.07. The monoisotopic (exact) mass is 323 g/mol. The van der Waals surface area contributed by atoms with Crippen LogP contribution in [-0.4, -0.2) is 4.98 Å². The summed E-state index contributed by atoms with van der Waals surface area (Å²) in [6, 6.07) is 27.9. The number of hydrogen-bond acceptors (Lipinski definition) is 1. The van der Waals surface area contributed by atoms with Crippen molar-refractivity contribution in [3.63, 3.8) is 0 Å². The summed E-state index contributed by atoms with van der Waals surface area (Å²) in [7, 11) is 0. The topological polar surface area (TPSA) is 12.9 Å². The van der Waals surface area contributed by atoms with Gasteiger partial charge in [0.15, 0.2) is 0 Å². The molecule has 1 heterocycles. The average molecular weight is 323 g/mol. The van der Waals surface area contributed by atoms with E-state index in [1.54, 1.807) is 0 Å². The molecule has 0 atom stereocenters. The van der Waals surface area contributed by atoms with Gasteiger partial charge in [-0.1, -0.05) is 60.7 Å². The van der Waals surface area contributed by atoms with E-state index in [1.165, 1.54) is 33.2 Å². The molecule has 3 aromatic carbocycles. The van der Waals surface area contributed by atoms with E-state index in [-0.39, 0.29) is 0 Å². The molecule has 0 unspecified atom stereocenters. The number of rotatable bonds is 3. The fraction of sp³-hybridized carbons (Fsp3) is 0.125. The van der Waals surface area contributed by atoms with E-state index < -0.39 is 0 Å². The van der Waals surface area contributed by atoms with E-state index in [2.05, 4.69) is 92.7 Å². The molecule has 0 saturated heterocycles. The molecule has 1 nitrogen and oxygen atoms in total. The first-order valence-corrected chi connectivity index (χ1v) is 8.71. The van der Waals surface area contributed by atoms with Gasteiger partial charge in [0.25, 0.3) is 0 Å². The van der Waals surface area contributed by atoms with Crippen LogP contribution in [0.3, 0.4) is 0 Å². The quantitative estimate of drug-likeness (QED) is 0.443. The first-order valence-electron chi connectivity index (χ1n) is 8.71. The number of aryl methyl sites for hydroxylation is 2. The van der Waals surface area contributed by atoms with Gasteiger partial charge in [-0.05, 0) is 54.3 Å². The molecule has 0 aliphatic rings. The average Bonchev–Trinajstić information content (AvgIpc) is 2.64. The lowest BCUT2D eigenvalue weighted by atomic mass is 9.96. The van der Waals surface area contributed by atoms with Crippen molar-refractivity contribution in [2.75, 3.05) is 0 Å². The molecule has 0 aliphatic carbocycles. The fourth-order valence-corrected chi connectivity index (χ4v) is 3.27. The van der Waals surface area contributed by atoms with Crippen LogP contribution in [0.2, 0.25) is 0 Å². The van der Waals surface area contributed by atoms with E-state index >= 15 is 0 Å². The summed E-state index contributed by atoms with van der Waals surface area (Å²) in [5, 5.41) is 1.21. The largest absolute Gasteiger partial charge is 0.252 e. The summed E-state index contributed by atoms with van der Waals surface area (Å²) in [5.74, 6) is 0. The van der Waals surface area contributed by atoms with Gasteiger partial charge in [0.1, 0.15) is 0 Å². The van der Waals surface area contributed by atoms with Crippen LogP contribution in [0.25, 0.3) is 22.0 Å². The van der Waals surface area contributed by atoms with E-state index in [0.717, 1.165) is 17.6 Å². The van der Waals surface area contributed by atoms with Gasteiger partial charge in [0.05, 0.1) is 11.2 Å². The number of benzene rings is 3. The van der Waals surface area contributed by atoms with Crippen molar-refractivity contribution in [3.8, 4) is 11.1 Å². The van der Waals surface area contributed by atoms with Crippen molar-refractivity contribution in [1.82, 2.24) is 4.98 Å². The highest BCUT2D eigenvalue weighted by Crippen LogP contribution is 2.29. The molecule has 4 rings (SSSR count). The Bertz CT molecular complexity index is 1020. The lowest BCUT2D eigenvalue weighted by Crippen LogP contribution is -1.98. The normalized spacial score (nSPS) is 11.0. The van der Waals surface area contributed by atoms with Gasteiger partial charge in [0, 0.05) is 17.4 Å².